The van der Waals surface area contributed by atoms with Crippen molar-refractivity contribution in [3.63, 3.8) is 0 Å². The molecule has 0 atom stereocenters. The summed E-state index contributed by atoms with van der Waals surface area (Å²) in [7, 11) is 0. The molecule has 0 saturated carbocycles. The zero-order valence-corrected chi connectivity index (χ0v) is 12.8. The van der Waals surface area contributed by atoms with Crippen LogP contribution in [0, 0.1) is 20.2 Å². The first-order valence-corrected chi connectivity index (χ1v) is 7.50. The van der Waals surface area contributed by atoms with E-state index in [9.17, 15) is 20.2 Å². The van der Waals surface area contributed by atoms with E-state index in [4.69, 9.17) is 4.74 Å². The molecular formula is C14H11N3O5S. The van der Waals surface area contributed by atoms with Crippen LogP contribution in [-0.2, 0) is 0 Å². The average molecular weight is 333 g/mol. The molecule has 118 valence electrons. The summed E-state index contributed by atoms with van der Waals surface area (Å²) in [5, 5.41) is 25.3. The lowest BCUT2D eigenvalue weighted by Crippen LogP contribution is -2.07. The number of para-hydroxylation sites is 1. The SMILES string of the molecule is CCOc1cccc2c1Nc1c(cc([N+](=O)[O-])cc1[N+](=O)[O-])S2. The molecule has 0 aromatic heterocycles. The fourth-order valence-corrected chi connectivity index (χ4v) is 3.36. The summed E-state index contributed by atoms with van der Waals surface area (Å²) in [6, 6.07) is 7.67. The maximum atomic E-state index is 11.3. The largest absolute Gasteiger partial charge is 0.492 e. The van der Waals surface area contributed by atoms with Crippen LogP contribution in [0.2, 0.25) is 0 Å². The normalized spacial score (nSPS) is 11.9. The Bertz CT molecular complexity index is 824. The topological polar surface area (TPSA) is 108 Å². The van der Waals surface area contributed by atoms with Gasteiger partial charge in [-0.25, -0.2) is 0 Å². The molecule has 1 aliphatic heterocycles. The van der Waals surface area contributed by atoms with Gasteiger partial charge in [0.05, 0.1) is 28.2 Å². The second kappa shape index (κ2) is 5.76. The molecule has 0 amide bonds. The van der Waals surface area contributed by atoms with E-state index in [1.54, 1.807) is 12.1 Å². The number of rotatable bonds is 4. The van der Waals surface area contributed by atoms with Crippen molar-refractivity contribution < 1.29 is 14.6 Å². The summed E-state index contributed by atoms with van der Waals surface area (Å²) in [5.74, 6) is 0.579. The number of hydrogen-bond donors (Lipinski definition) is 1. The minimum atomic E-state index is -0.639. The molecule has 0 bridgehead atoms. The Balaban J connectivity index is 2.15. The van der Waals surface area contributed by atoms with Crippen LogP contribution in [0.25, 0.3) is 0 Å². The molecule has 9 heteroatoms. The minimum Gasteiger partial charge on any atom is -0.492 e. The van der Waals surface area contributed by atoms with E-state index >= 15 is 0 Å². The summed E-state index contributed by atoms with van der Waals surface area (Å²) in [6.07, 6.45) is 0. The molecule has 0 spiro atoms. The van der Waals surface area contributed by atoms with Crippen molar-refractivity contribution in [1.29, 1.82) is 0 Å². The molecule has 0 aliphatic carbocycles. The first-order valence-electron chi connectivity index (χ1n) is 6.68. The number of fused-ring (bicyclic) bond motifs is 2. The lowest BCUT2D eigenvalue weighted by molar-refractivity contribution is -0.393. The highest BCUT2D eigenvalue weighted by atomic mass is 32.2. The maximum Gasteiger partial charge on any atom is 0.300 e. The molecule has 0 fully saturated rings. The molecule has 2 aromatic carbocycles. The Morgan fingerprint density at radius 1 is 1.13 bits per heavy atom. The van der Waals surface area contributed by atoms with Gasteiger partial charge in [-0.05, 0) is 19.1 Å². The molecule has 3 rings (SSSR count). The summed E-state index contributed by atoms with van der Waals surface area (Å²) in [4.78, 5) is 22.2. The Morgan fingerprint density at radius 2 is 1.91 bits per heavy atom. The number of nitro benzene ring substituents is 2. The molecule has 1 aliphatic rings. The van der Waals surface area contributed by atoms with E-state index in [1.165, 1.54) is 17.8 Å². The first kappa shape index (κ1) is 15.1. The lowest BCUT2D eigenvalue weighted by Gasteiger charge is -2.22. The smallest absolute Gasteiger partial charge is 0.300 e. The first-order chi connectivity index (χ1) is 11.0. The number of benzene rings is 2. The van der Waals surface area contributed by atoms with Crippen molar-refractivity contribution in [3.8, 4) is 5.75 Å². The van der Waals surface area contributed by atoms with E-state index in [-0.39, 0.29) is 17.1 Å². The van der Waals surface area contributed by atoms with Crippen molar-refractivity contribution >= 4 is 34.5 Å². The van der Waals surface area contributed by atoms with E-state index in [0.29, 0.717) is 22.9 Å². The van der Waals surface area contributed by atoms with Crippen LogP contribution in [0.1, 0.15) is 6.92 Å². The van der Waals surface area contributed by atoms with Crippen LogP contribution in [0.4, 0.5) is 22.7 Å². The van der Waals surface area contributed by atoms with Crippen molar-refractivity contribution in [2.45, 2.75) is 16.7 Å². The van der Waals surface area contributed by atoms with Crippen molar-refractivity contribution in [2.75, 3.05) is 11.9 Å². The summed E-state index contributed by atoms with van der Waals surface area (Å²) in [5.41, 5.74) is 0.224. The number of non-ortho nitro benzene ring substituents is 1. The van der Waals surface area contributed by atoms with Crippen LogP contribution in [0.15, 0.2) is 40.1 Å². The summed E-state index contributed by atoms with van der Waals surface area (Å²) >= 11 is 1.23. The summed E-state index contributed by atoms with van der Waals surface area (Å²) < 4.78 is 5.53. The zero-order chi connectivity index (χ0) is 16.6. The van der Waals surface area contributed by atoms with E-state index in [0.717, 1.165) is 11.0 Å². The number of nitro groups is 2. The van der Waals surface area contributed by atoms with Crippen LogP contribution >= 0.6 is 11.8 Å². The van der Waals surface area contributed by atoms with E-state index in [1.807, 2.05) is 13.0 Å². The van der Waals surface area contributed by atoms with Crippen LogP contribution in [0.3, 0.4) is 0 Å². The molecule has 0 unspecified atom stereocenters. The van der Waals surface area contributed by atoms with Gasteiger partial charge in [-0.15, -0.1) is 0 Å². The van der Waals surface area contributed by atoms with Gasteiger partial charge >= 0.3 is 5.69 Å². The van der Waals surface area contributed by atoms with Crippen LogP contribution in [0.5, 0.6) is 5.75 Å². The van der Waals surface area contributed by atoms with Crippen molar-refractivity contribution in [2.24, 2.45) is 0 Å². The highest BCUT2D eigenvalue weighted by Crippen LogP contribution is 2.51. The predicted octanol–water partition coefficient (Wildman–Crippen LogP) is 4.11. The van der Waals surface area contributed by atoms with E-state index < -0.39 is 9.85 Å². The van der Waals surface area contributed by atoms with Gasteiger partial charge in [-0.1, -0.05) is 17.8 Å². The molecule has 1 N–H and O–H groups in total. The number of hydrogen-bond acceptors (Lipinski definition) is 7. The maximum absolute atomic E-state index is 11.3. The van der Waals surface area contributed by atoms with Crippen LogP contribution in [-0.4, -0.2) is 16.5 Å². The molecular weight excluding hydrogens is 322 g/mol. The van der Waals surface area contributed by atoms with Gasteiger partial charge in [-0.2, -0.15) is 0 Å². The molecule has 23 heavy (non-hydrogen) atoms. The second-order valence-corrected chi connectivity index (χ2v) is 5.73. The molecule has 0 saturated heterocycles. The van der Waals surface area contributed by atoms with Gasteiger partial charge in [0.1, 0.15) is 11.4 Å². The number of nitrogens with one attached hydrogen (secondary N) is 1. The third-order valence-electron chi connectivity index (χ3n) is 3.23. The minimum absolute atomic E-state index is 0.241. The summed E-state index contributed by atoms with van der Waals surface area (Å²) in [6.45, 7) is 2.30. The third kappa shape index (κ3) is 2.66. The lowest BCUT2D eigenvalue weighted by atomic mass is 10.2. The van der Waals surface area contributed by atoms with Crippen molar-refractivity contribution in [3.05, 3.63) is 50.6 Å². The number of ether oxygens (including phenoxy) is 1. The fraction of sp³-hybridized carbons (Fsp3) is 0.143. The fourth-order valence-electron chi connectivity index (χ4n) is 2.28. The second-order valence-electron chi connectivity index (χ2n) is 4.64. The van der Waals surface area contributed by atoms with Crippen molar-refractivity contribution in [1.82, 2.24) is 0 Å². The molecule has 8 nitrogen and oxygen atoms in total. The molecule has 0 radical (unpaired) electrons. The Hall–Kier alpha value is -2.81. The highest BCUT2D eigenvalue weighted by molar-refractivity contribution is 7.99. The van der Waals surface area contributed by atoms with Gasteiger partial charge in [0.25, 0.3) is 5.69 Å². The molecule has 2 aromatic rings. The highest BCUT2D eigenvalue weighted by Gasteiger charge is 2.29. The molecule has 1 heterocycles. The standard InChI is InChI=1S/C14H11N3O5S/c1-2-22-10-4-3-5-11-14(10)15-13-9(17(20)21)6-8(16(18)19)7-12(13)23-11/h3-7,15H,2H2,1H3. The van der Waals surface area contributed by atoms with Gasteiger partial charge < -0.3 is 10.1 Å². The average Bonchev–Trinajstić information content (AvgIpc) is 2.52. The third-order valence-corrected chi connectivity index (χ3v) is 4.33. The van der Waals surface area contributed by atoms with Gasteiger partial charge in [-0.3, -0.25) is 20.2 Å². The quantitative estimate of drug-likeness (QED) is 0.565. The van der Waals surface area contributed by atoms with Gasteiger partial charge in [0.15, 0.2) is 0 Å². The monoisotopic (exact) mass is 333 g/mol. The number of anilines is 2. The van der Waals surface area contributed by atoms with Gasteiger partial charge in [0.2, 0.25) is 0 Å². The Labute approximate surface area is 134 Å². The predicted molar refractivity (Wildman–Crippen MR) is 84.8 cm³/mol. The van der Waals surface area contributed by atoms with Gasteiger partial charge in [0, 0.05) is 15.9 Å². The zero-order valence-electron chi connectivity index (χ0n) is 11.9. The Kier molecular flexibility index (Phi) is 3.78. The van der Waals surface area contributed by atoms with E-state index in [2.05, 4.69) is 5.32 Å². The Morgan fingerprint density at radius 3 is 2.57 bits per heavy atom. The van der Waals surface area contributed by atoms with Crippen LogP contribution < -0.4 is 10.1 Å². The number of nitrogens with zero attached hydrogens (tertiary/aromatic N) is 2.